The average Bonchev–Trinajstić information content (AvgIpc) is 3.27. The summed E-state index contributed by atoms with van der Waals surface area (Å²) in [5.41, 5.74) is 2.11. The molecule has 11 heteroatoms. The molecule has 1 spiro atoms. The molecular formula is C23H26N3NaO6S. The number of imidazole rings is 1. The monoisotopic (exact) mass is 495 g/mol. The molecular weight excluding hydrogens is 469 g/mol. The van der Waals surface area contributed by atoms with Crippen LogP contribution in [0.5, 0.6) is 5.75 Å². The van der Waals surface area contributed by atoms with Gasteiger partial charge in [-0.3, -0.25) is 9.19 Å². The van der Waals surface area contributed by atoms with Crippen molar-refractivity contribution in [3.8, 4) is 5.75 Å². The maximum atomic E-state index is 12.7. The SMILES string of the molecule is CC1(CCOc2ccnc(CS(=O)c3nc4ccccc4[n-]3)c2)OCC2(CO1)OCCCO2.[Na+]. The van der Waals surface area contributed by atoms with E-state index in [0.29, 0.717) is 56.1 Å². The molecule has 9 nitrogen and oxygen atoms in total. The molecule has 4 heterocycles. The van der Waals surface area contributed by atoms with Crippen molar-refractivity contribution in [2.45, 2.75) is 42.2 Å². The average molecular weight is 496 g/mol. The van der Waals surface area contributed by atoms with Crippen molar-refractivity contribution in [1.29, 1.82) is 0 Å². The minimum absolute atomic E-state index is 0. The van der Waals surface area contributed by atoms with Crippen LogP contribution in [0.3, 0.4) is 0 Å². The molecule has 2 fully saturated rings. The molecule has 2 aliphatic rings. The van der Waals surface area contributed by atoms with Crippen LogP contribution < -0.4 is 39.3 Å². The molecule has 0 saturated carbocycles. The number of para-hydroxylation sites is 2. The quantitative estimate of drug-likeness (QED) is 0.404. The molecule has 1 atom stereocenters. The van der Waals surface area contributed by atoms with Gasteiger partial charge in [-0.15, -0.1) is 0 Å². The normalized spacial score (nSPS) is 20.0. The summed E-state index contributed by atoms with van der Waals surface area (Å²) >= 11 is 0. The molecule has 3 aromatic rings. The van der Waals surface area contributed by atoms with Gasteiger partial charge >= 0.3 is 29.6 Å². The van der Waals surface area contributed by atoms with E-state index in [4.69, 9.17) is 23.7 Å². The van der Waals surface area contributed by atoms with E-state index in [1.165, 1.54) is 0 Å². The van der Waals surface area contributed by atoms with Gasteiger partial charge in [-0.1, -0.05) is 24.3 Å². The van der Waals surface area contributed by atoms with Gasteiger partial charge in [0.1, 0.15) is 19.0 Å². The maximum Gasteiger partial charge on any atom is 1.00 e. The Hall–Kier alpha value is -1.37. The van der Waals surface area contributed by atoms with Gasteiger partial charge in [-0.05, 0) is 30.4 Å². The van der Waals surface area contributed by atoms with Gasteiger partial charge in [-0.25, -0.2) is 0 Å². The van der Waals surface area contributed by atoms with Gasteiger partial charge in [0, 0.05) is 23.8 Å². The van der Waals surface area contributed by atoms with Crippen molar-refractivity contribution >= 4 is 21.8 Å². The Morgan fingerprint density at radius 2 is 1.88 bits per heavy atom. The fourth-order valence-electron chi connectivity index (χ4n) is 3.70. The van der Waals surface area contributed by atoms with Gasteiger partial charge in [-0.2, -0.15) is 0 Å². The van der Waals surface area contributed by atoms with Crippen LogP contribution in [0, 0.1) is 0 Å². The predicted octanol–water partition coefficient (Wildman–Crippen LogP) is -0.436. The Kier molecular flexibility index (Phi) is 8.42. The van der Waals surface area contributed by atoms with E-state index >= 15 is 0 Å². The zero-order valence-corrected chi connectivity index (χ0v) is 22.2. The second-order valence-corrected chi connectivity index (χ2v) is 9.58. The molecule has 1 unspecified atom stereocenters. The number of pyridine rings is 1. The van der Waals surface area contributed by atoms with Crippen LogP contribution >= 0.6 is 0 Å². The minimum atomic E-state index is -1.40. The fraction of sp³-hybridized carbons (Fsp3) is 0.478. The first-order valence-corrected chi connectivity index (χ1v) is 12.3. The number of benzene rings is 1. The third kappa shape index (κ3) is 6.06. The Labute approximate surface area is 222 Å². The van der Waals surface area contributed by atoms with Crippen LogP contribution in [-0.4, -0.2) is 58.8 Å². The van der Waals surface area contributed by atoms with E-state index in [2.05, 4.69) is 15.0 Å². The summed E-state index contributed by atoms with van der Waals surface area (Å²) in [6, 6.07) is 11.0. The number of rotatable bonds is 7. The van der Waals surface area contributed by atoms with Crippen LogP contribution in [0.15, 0.2) is 47.8 Å². The van der Waals surface area contributed by atoms with Crippen LogP contribution in [0.25, 0.3) is 11.0 Å². The summed E-state index contributed by atoms with van der Waals surface area (Å²) in [5.74, 6) is -0.713. The predicted molar refractivity (Wildman–Crippen MR) is 119 cm³/mol. The second-order valence-electron chi connectivity index (χ2n) is 8.24. The van der Waals surface area contributed by atoms with E-state index < -0.39 is 22.4 Å². The number of ether oxygens (including phenoxy) is 5. The fourth-order valence-corrected chi connectivity index (χ4v) is 4.66. The number of nitrogens with zero attached hydrogens (tertiary/aromatic N) is 3. The molecule has 0 amide bonds. The topological polar surface area (TPSA) is 103 Å². The van der Waals surface area contributed by atoms with Crippen molar-refractivity contribution in [2.75, 3.05) is 33.0 Å². The standard InChI is InChI=1S/C23H26N3O6S.Na/c1-22(31-15-23(16-32-22)29-10-4-11-30-23)8-12-28-18-7-9-24-17(13-18)14-33(27)21-25-19-5-2-3-6-20(19)26-21;/h2-3,5-7,9,13H,4,8,10-12,14-16H2,1H3;/q-1;+1. The van der Waals surface area contributed by atoms with Gasteiger partial charge in [0.05, 0.1) is 42.1 Å². The Morgan fingerprint density at radius 3 is 2.65 bits per heavy atom. The molecule has 2 aromatic heterocycles. The number of hydrogen-bond acceptors (Lipinski definition) is 8. The first kappa shape index (κ1) is 25.7. The van der Waals surface area contributed by atoms with E-state index in [9.17, 15) is 4.21 Å². The Bertz CT molecular complexity index is 1090. The van der Waals surface area contributed by atoms with Crippen molar-refractivity contribution in [3.63, 3.8) is 0 Å². The van der Waals surface area contributed by atoms with Gasteiger partial charge in [0.2, 0.25) is 5.79 Å². The third-order valence-corrected chi connectivity index (χ3v) is 6.77. The third-order valence-electron chi connectivity index (χ3n) is 5.62. The van der Waals surface area contributed by atoms with Crippen molar-refractivity contribution in [3.05, 3.63) is 48.3 Å². The zero-order valence-electron chi connectivity index (χ0n) is 19.4. The molecule has 5 rings (SSSR count). The molecule has 0 bridgehead atoms. The number of aromatic nitrogens is 3. The van der Waals surface area contributed by atoms with Gasteiger partial charge < -0.3 is 33.7 Å². The second kappa shape index (κ2) is 11.1. The van der Waals surface area contributed by atoms with E-state index in [0.717, 1.165) is 17.5 Å². The van der Waals surface area contributed by atoms with Gasteiger partial charge in [0.15, 0.2) is 5.79 Å². The number of fused-ring (bicyclic) bond motifs is 1. The van der Waals surface area contributed by atoms with Crippen molar-refractivity contribution < 1.29 is 57.5 Å². The summed E-state index contributed by atoms with van der Waals surface area (Å²) in [4.78, 5) is 13.0. The maximum absolute atomic E-state index is 12.7. The Balaban J connectivity index is 0.00000274. The molecule has 0 aliphatic carbocycles. The molecule has 0 radical (unpaired) electrons. The molecule has 176 valence electrons. The molecule has 2 aliphatic heterocycles. The van der Waals surface area contributed by atoms with E-state index in [1.807, 2.05) is 31.2 Å². The van der Waals surface area contributed by atoms with Gasteiger partial charge in [0.25, 0.3) is 0 Å². The van der Waals surface area contributed by atoms with E-state index in [-0.39, 0.29) is 35.3 Å². The summed E-state index contributed by atoms with van der Waals surface area (Å²) in [6.45, 7) is 4.22. The first-order valence-electron chi connectivity index (χ1n) is 10.9. The van der Waals surface area contributed by atoms with Crippen LogP contribution in [0.2, 0.25) is 0 Å². The van der Waals surface area contributed by atoms with E-state index in [1.54, 1.807) is 18.3 Å². The smallest absolute Gasteiger partial charge is 0.493 e. The van der Waals surface area contributed by atoms with Crippen LogP contribution in [-0.2, 0) is 35.5 Å². The van der Waals surface area contributed by atoms with Crippen LogP contribution in [0.4, 0.5) is 0 Å². The molecule has 1 aromatic carbocycles. The molecule has 0 N–H and O–H groups in total. The molecule has 2 saturated heterocycles. The molecule has 34 heavy (non-hydrogen) atoms. The summed E-state index contributed by atoms with van der Waals surface area (Å²) in [5, 5.41) is 0.313. The van der Waals surface area contributed by atoms with Crippen molar-refractivity contribution in [1.82, 2.24) is 15.0 Å². The van der Waals surface area contributed by atoms with Crippen molar-refractivity contribution in [2.24, 2.45) is 0 Å². The first-order chi connectivity index (χ1) is 16.0. The summed E-state index contributed by atoms with van der Waals surface area (Å²) < 4.78 is 41.9. The summed E-state index contributed by atoms with van der Waals surface area (Å²) in [7, 11) is -1.40. The Morgan fingerprint density at radius 1 is 1.12 bits per heavy atom. The zero-order chi connectivity index (χ0) is 22.7. The summed E-state index contributed by atoms with van der Waals surface area (Å²) in [6.07, 6.45) is 3.05. The number of hydrogen-bond donors (Lipinski definition) is 0. The van der Waals surface area contributed by atoms with Crippen LogP contribution in [0.1, 0.15) is 25.5 Å². The largest absolute Gasteiger partial charge is 1.00 e. The minimum Gasteiger partial charge on any atom is -0.493 e.